The summed E-state index contributed by atoms with van der Waals surface area (Å²) in [5.74, 6) is 0.158. The molecule has 2 rings (SSSR count). The highest BCUT2D eigenvalue weighted by Crippen LogP contribution is 2.25. The Morgan fingerprint density at radius 3 is 2.62 bits per heavy atom. The van der Waals surface area contributed by atoms with Gasteiger partial charge in [0.15, 0.2) is 0 Å². The second kappa shape index (κ2) is 6.65. The van der Waals surface area contributed by atoms with Crippen LogP contribution in [0.1, 0.15) is 28.1 Å². The highest BCUT2D eigenvalue weighted by molar-refractivity contribution is 5.40. The molecule has 112 valence electrons. The average molecular weight is 287 g/mol. The van der Waals surface area contributed by atoms with E-state index in [1.165, 1.54) is 0 Å². The van der Waals surface area contributed by atoms with E-state index in [4.69, 9.17) is 0 Å². The van der Waals surface area contributed by atoms with Gasteiger partial charge in [0.25, 0.3) is 0 Å². The van der Waals surface area contributed by atoms with Gasteiger partial charge in [-0.1, -0.05) is 6.07 Å². The van der Waals surface area contributed by atoms with Gasteiger partial charge in [-0.05, 0) is 32.5 Å². The zero-order valence-electron chi connectivity index (χ0n) is 12.7. The van der Waals surface area contributed by atoms with Crippen LogP contribution in [0.5, 0.6) is 5.75 Å². The number of rotatable bonds is 5. The van der Waals surface area contributed by atoms with Gasteiger partial charge in [-0.15, -0.1) is 0 Å². The van der Waals surface area contributed by atoms with Gasteiger partial charge in [0.2, 0.25) is 0 Å². The second-order valence-electron chi connectivity index (χ2n) is 5.29. The number of aromatic hydroxyl groups is 1. The molecule has 0 saturated heterocycles. The van der Waals surface area contributed by atoms with Gasteiger partial charge in [0, 0.05) is 36.6 Å². The predicted octanol–water partition coefficient (Wildman–Crippen LogP) is 1.92. The molecular weight excluding hydrogens is 266 g/mol. The van der Waals surface area contributed by atoms with Crippen LogP contribution >= 0.6 is 0 Å². The molecule has 0 spiro atoms. The lowest BCUT2D eigenvalue weighted by molar-refractivity contribution is 0.269. The molecule has 0 aliphatic heterocycles. The van der Waals surface area contributed by atoms with Crippen molar-refractivity contribution in [3.05, 3.63) is 52.6 Å². The zero-order valence-corrected chi connectivity index (χ0v) is 12.7. The molecule has 2 aromatic rings. The molecule has 2 aromatic heterocycles. The fraction of sp³-hybridized carbons (Fsp3) is 0.375. The molecule has 5 nitrogen and oxygen atoms in total. The van der Waals surface area contributed by atoms with E-state index in [9.17, 15) is 10.2 Å². The van der Waals surface area contributed by atoms with E-state index in [2.05, 4.69) is 14.9 Å². The Kier molecular flexibility index (Phi) is 4.88. The maximum atomic E-state index is 10.2. The fourth-order valence-corrected chi connectivity index (χ4v) is 2.26. The second-order valence-corrected chi connectivity index (χ2v) is 5.29. The van der Waals surface area contributed by atoms with Gasteiger partial charge in [0.05, 0.1) is 18.0 Å². The number of aromatic nitrogens is 2. The predicted molar refractivity (Wildman–Crippen MR) is 80.7 cm³/mol. The largest absolute Gasteiger partial charge is 0.506 e. The minimum atomic E-state index is -0.132. The summed E-state index contributed by atoms with van der Waals surface area (Å²) in [7, 11) is 1.96. The Hall–Kier alpha value is -1.98. The van der Waals surface area contributed by atoms with E-state index in [1.807, 2.05) is 26.1 Å². The van der Waals surface area contributed by atoms with Crippen LogP contribution in [0.3, 0.4) is 0 Å². The first-order valence-corrected chi connectivity index (χ1v) is 6.89. The molecule has 0 fully saturated rings. The molecule has 0 aromatic carbocycles. The van der Waals surface area contributed by atoms with Crippen LogP contribution < -0.4 is 0 Å². The highest BCUT2D eigenvalue weighted by atomic mass is 16.3. The maximum absolute atomic E-state index is 10.2. The summed E-state index contributed by atoms with van der Waals surface area (Å²) in [6.07, 6.45) is 3.40. The fourth-order valence-electron chi connectivity index (χ4n) is 2.26. The standard InChI is InChI=1S/C16H21N3O2/c1-11-5-4-6-17-15(11)9-19(3)8-14-13(10-20)7-18-12(2)16(14)21/h4-7,20-21H,8-10H2,1-3H3. The van der Waals surface area contributed by atoms with Crippen molar-refractivity contribution in [2.45, 2.75) is 33.5 Å². The first-order chi connectivity index (χ1) is 10.0. The lowest BCUT2D eigenvalue weighted by Crippen LogP contribution is -2.20. The molecule has 21 heavy (non-hydrogen) atoms. The molecule has 0 aliphatic carbocycles. The third-order valence-corrected chi connectivity index (χ3v) is 3.57. The Morgan fingerprint density at radius 1 is 1.19 bits per heavy atom. The molecule has 5 heteroatoms. The van der Waals surface area contributed by atoms with E-state index in [-0.39, 0.29) is 12.4 Å². The van der Waals surface area contributed by atoms with Gasteiger partial charge in [0.1, 0.15) is 5.75 Å². The van der Waals surface area contributed by atoms with Crippen LogP contribution in [0.25, 0.3) is 0 Å². The number of nitrogens with zero attached hydrogens (tertiary/aromatic N) is 3. The number of aryl methyl sites for hydroxylation is 2. The van der Waals surface area contributed by atoms with E-state index >= 15 is 0 Å². The molecule has 0 unspecified atom stereocenters. The van der Waals surface area contributed by atoms with Crippen molar-refractivity contribution in [2.75, 3.05) is 7.05 Å². The number of aliphatic hydroxyl groups is 1. The van der Waals surface area contributed by atoms with Crippen molar-refractivity contribution >= 4 is 0 Å². The number of hydrogen-bond acceptors (Lipinski definition) is 5. The Bertz CT molecular complexity index is 629. The van der Waals surface area contributed by atoms with Crippen LogP contribution in [0.2, 0.25) is 0 Å². The van der Waals surface area contributed by atoms with Crippen molar-refractivity contribution in [3.8, 4) is 5.75 Å². The molecule has 2 N–H and O–H groups in total. The summed E-state index contributed by atoms with van der Waals surface area (Å²) >= 11 is 0. The summed E-state index contributed by atoms with van der Waals surface area (Å²) in [5, 5.41) is 19.6. The molecule has 0 radical (unpaired) electrons. The highest BCUT2D eigenvalue weighted by Gasteiger charge is 2.14. The molecule has 2 heterocycles. The molecule has 0 aliphatic rings. The van der Waals surface area contributed by atoms with Crippen molar-refractivity contribution in [1.82, 2.24) is 14.9 Å². The van der Waals surface area contributed by atoms with Gasteiger partial charge in [-0.3, -0.25) is 14.9 Å². The van der Waals surface area contributed by atoms with E-state index < -0.39 is 0 Å². The quantitative estimate of drug-likeness (QED) is 0.879. The normalized spacial score (nSPS) is 11.1. The summed E-state index contributed by atoms with van der Waals surface area (Å²) < 4.78 is 0. The van der Waals surface area contributed by atoms with Crippen LogP contribution in [-0.2, 0) is 19.7 Å². The van der Waals surface area contributed by atoms with Gasteiger partial charge in [-0.25, -0.2) is 0 Å². The van der Waals surface area contributed by atoms with Gasteiger partial charge >= 0.3 is 0 Å². The Balaban J connectivity index is 2.18. The first kappa shape index (κ1) is 15.4. The first-order valence-electron chi connectivity index (χ1n) is 6.89. The molecular formula is C16H21N3O2. The van der Waals surface area contributed by atoms with Gasteiger partial charge in [-0.2, -0.15) is 0 Å². The van der Waals surface area contributed by atoms with Gasteiger partial charge < -0.3 is 10.2 Å². The summed E-state index contributed by atoms with van der Waals surface area (Å²) in [6, 6.07) is 3.95. The van der Waals surface area contributed by atoms with Crippen LogP contribution in [0, 0.1) is 13.8 Å². The summed E-state index contributed by atoms with van der Waals surface area (Å²) in [6.45, 7) is 4.86. The van der Waals surface area contributed by atoms with Crippen molar-refractivity contribution in [1.29, 1.82) is 0 Å². The van der Waals surface area contributed by atoms with Crippen molar-refractivity contribution in [2.24, 2.45) is 0 Å². The van der Waals surface area contributed by atoms with Crippen molar-refractivity contribution < 1.29 is 10.2 Å². The summed E-state index contributed by atoms with van der Waals surface area (Å²) in [5.41, 5.74) is 4.10. The lowest BCUT2D eigenvalue weighted by Gasteiger charge is -2.20. The minimum Gasteiger partial charge on any atom is -0.506 e. The Labute approximate surface area is 124 Å². The van der Waals surface area contributed by atoms with Crippen LogP contribution in [0.15, 0.2) is 24.5 Å². The maximum Gasteiger partial charge on any atom is 0.141 e. The molecule has 0 amide bonds. The van der Waals surface area contributed by atoms with Crippen molar-refractivity contribution in [3.63, 3.8) is 0 Å². The van der Waals surface area contributed by atoms with Crippen LogP contribution in [-0.4, -0.2) is 32.1 Å². The molecule has 0 atom stereocenters. The average Bonchev–Trinajstić information content (AvgIpc) is 2.47. The molecule has 0 saturated carbocycles. The van der Waals surface area contributed by atoms with E-state index in [0.717, 1.165) is 16.8 Å². The molecule has 0 bridgehead atoms. The zero-order chi connectivity index (χ0) is 15.4. The monoisotopic (exact) mass is 287 g/mol. The third kappa shape index (κ3) is 3.56. The van der Waals surface area contributed by atoms with E-state index in [0.29, 0.717) is 24.3 Å². The lowest BCUT2D eigenvalue weighted by atomic mass is 10.1. The minimum absolute atomic E-state index is 0.132. The smallest absolute Gasteiger partial charge is 0.141 e. The Morgan fingerprint density at radius 2 is 1.95 bits per heavy atom. The SMILES string of the molecule is Cc1cccnc1CN(C)Cc1c(CO)cnc(C)c1O. The number of aliphatic hydroxyl groups excluding tert-OH is 1. The number of hydrogen-bond donors (Lipinski definition) is 2. The summed E-state index contributed by atoms with van der Waals surface area (Å²) in [4.78, 5) is 10.5. The topological polar surface area (TPSA) is 69.5 Å². The van der Waals surface area contributed by atoms with Crippen LogP contribution in [0.4, 0.5) is 0 Å². The number of pyridine rings is 2. The third-order valence-electron chi connectivity index (χ3n) is 3.57. The van der Waals surface area contributed by atoms with E-state index in [1.54, 1.807) is 19.3 Å².